The summed E-state index contributed by atoms with van der Waals surface area (Å²) in [7, 11) is -3.63. The van der Waals surface area contributed by atoms with Crippen LogP contribution in [-0.4, -0.2) is 26.6 Å². The second kappa shape index (κ2) is 7.95. The van der Waals surface area contributed by atoms with Crippen molar-refractivity contribution in [3.63, 3.8) is 0 Å². The highest BCUT2D eigenvalue weighted by molar-refractivity contribution is 7.92. The molecule has 0 unspecified atom stereocenters. The predicted molar refractivity (Wildman–Crippen MR) is 113 cm³/mol. The maximum atomic E-state index is 13.1. The predicted octanol–water partition coefficient (Wildman–Crippen LogP) is 3.65. The third kappa shape index (κ3) is 4.22. The van der Waals surface area contributed by atoms with E-state index in [9.17, 15) is 13.2 Å². The van der Waals surface area contributed by atoms with Gasteiger partial charge in [-0.25, -0.2) is 8.42 Å². The molecule has 0 saturated heterocycles. The average molecular weight is 401 g/mol. The number of carbonyl (C=O) groups excluding carboxylic acids is 1. The lowest BCUT2D eigenvalue weighted by Crippen LogP contribution is -2.49. The minimum atomic E-state index is -3.63. The van der Waals surface area contributed by atoms with Crippen LogP contribution in [0.5, 0.6) is 0 Å². The van der Waals surface area contributed by atoms with Gasteiger partial charge in [0.05, 0.1) is 18.0 Å². The first-order valence-corrected chi connectivity index (χ1v) is 11.5. The Bertz CT molecular complexity index is 985. The zero-order valence-corrected chi connectivity index (χ0v) is 17.7. The second-order valence-corrected chi connectivity index (χ2v) is 9.54. The molecule has 0 aliphatic heterocycles. The van der Waals surface area contributed by atoms with E-state index in [4.69, 9.17) is 0 Å². The van der Waals surface area contributed by atoms with E-state index in [1.807, 2.05) is 50.2 Å². The van der Waals surface area contributed by atoms with Gasteiger partial charge in [-0.05, 0) is 68.4 Å². The van der Waals surface area contributed by atoms with Gasteiger partial charge in [-0.2, -0.15) is 0 Å². The molecule has 0 heterocycles. The van der Waals surface area contributed by atoms with Gasteiger partial charge in [-0.15, -0.1) is 0 Å². The molecule has 3 rings (SSSR count). The molecular weight excluding hydrogens is 372 g/mol. The van der Waals surface area contributed by atoms with Crippen LogP contribution < -0.4 is 9.62 Å². The van der Waals surface area contributed by atoms with E-state index in [2.05, 4.69) is 11.4 Å². The van der Waals surface area contributed by atoms with Crippen molar-refractivity contribution >= 4 is 21.6 Å². The maximum Gasteiger partial charge on any atom is 0.244 e. The summed E-state index contributed by atoms with van der Waals surface area (Å²) in [5.74, 6) is -0.284. The van der Waals surface area contributed by atoms with Crippen molar-refractivity contribution in [1.82, 2.24) is 5.32 Å². The summed E-state index contributed by atoms with van der Waals surface area (Å²) < 4.78 is 26.4. The molecular formula is C22H28N2O3S. The third-order valence-corrected chi connectivity index (χ3v) is 6.60. The topological polar surface area (TPSA) is 66.5 Å². The molecule has 5 nitrogen and oxygen atoms in total. The van der Waals surface area contributed by atoms with Crippen molar-refractivity contribution in [1.29, 1.82) is 0 Å². The molecule has 1 aliphatic carbocycles. The van der Waals surface area contributed by atoms with Crippen LogP contribution in [0.25, 0.3) is 0 Å². The number of nitrogens with one attached hydrogen (secondary N) is 1. The number of benzene rings is 2. The zero-order valence-electron chi connectivity index (χ0n) is 16.9. The summed E-state index contributed by atoms with van der Waals surface area (Å²) in [4.78, 5) is 13.1. The normalized spacial score (nSPS) is 17.5. The smallest absolute Gasteiger partial charge is 0.244 e. The monoisotopic (exact) mass is 400 g/mol. The Morgan fingerprint density at radius 1 is 1.18 bits per heavy atom. The molecule has 2 aromatic carbocycles. The maximum absolute atomic E-state index is 13.1. The molecule has 6 heteroatoms. The Kier molecular flexibility index (Phi) is 5.79. The van der Waals surface area contributed by atoms with Crippen LogP contribution in [0.1, 0.15) is 48.1 Å². The summed E-state index contributed by atoms with van der Waals surface area (Å²) >= 11 is 0. The van der Waals surface area contributed by atoms with Crippen LogP contribution in [0.4, 0.5) is 5.69 Å². The van der Waals surface area contributed by atoms with Crippen molar-refractivity contribution in [2.75, 3.05) is 10.6 Å². The number of carbonyl (C=O) groups is 1. The fraction of sp³-hybridized carbons (Fsp3) is 0.409. The standard InChI is InChI=1S/C22H28N2O3S/c1-15-12-13-16(2)21(14-15)24(28(4,26)27)17(3)22(25)23-20-11-7-9-18-8-5-6-10-19(18)20/h5-6,8,10,12-14,17,20H,7,9,11H2,1-4H3,(H,23,25)/t17-,20-/m1/s1. The Hall–Kier alpha value is -2.34. The lowest BCUT2D eigenvalue weighted by Gasteiger charge is -2.32. The van der Waals surface area contributed by atoms with Gasteiger partial charge in [0, 0.05) is 0 Å². The highest BCUT2D eigenvalue weighted by Crippen LogP contribution is 2.30. The quantitative estimate of drug-likeness (QED) is 0.833. The largest absolute Gasteiger partial charge is 0.347 e. The first-order chi connectivity index (χ1) is 13.2. The number of anilines is 1. The molecule has 0 radical (unpaired) electrons. The molecule has 2 atom stereocenters. The number of amides is 1. The second-order valence-electron chi connectivity index (χ2n) is 7.68. The number of fused-ring (bicyclic) bond motifs is 1. The van der Waals surface area contributed by atoms with E-state index in [0.717, 1.165) is 42.2 Å². The molecule has 0 bridgehead atoms. The van der Waals surface area contributed by atoms with E-state index in [1.165, 1.54) is 9.87 Å². The van der Waals surface area contributed by atoms with Crippen molar-refractivity contribution in [2.24, 2.45) is 0 Å². The minimum Gasteiger partial charge on any atom is -0.347 e. The Balaban J connectivity index is 1.89. The molecule has 1 N–H and O–H groups in total. The van der Waals surface area contributed by atoms with Gasteiger partial charge in [0.2, 0.25) is 15.9 Å². The van der Waals surface area contributed by atoms with Gasteiger partial charge >= 0.3 is 0 Å². The molecule has 28 heavy (non-hydrogen) atoms. The van der Waals surface area contributed by atoms with Crippen LogP contribution in [0, 0.1) is 13.8 Å². The van der Waals surface area contributed by atoms with Crippen LogP contribution >= 0.6 is 0 Å². The van der Waals surface area contributed by atoms with Crippen molar-refractivity contribution < 1.29 is 13.2 Å². The first kappa shape index (κ1) is 20.4. The van der Waals surface area contributed by atoms with Gasteiger partial charge in [0.25, 0.3) is 0 Å². The first-order valence-electron chi connectivity index (χ1n) is 9.63. The number of hydrogen-bond acceptors (Lipinski definition) is 3. The van der Waals surface area contributed by atoms with E-state index in [1.54, 1.807) is 6.92 Å². The average Bonchev–Trinajstić information content (AvgIpc) is 2.64. The zero-order chi connectivity index (χ0) is 20.5. The lowest BCUT2D eigenvalue weighted by atomic mass is 9.87. The molecule has 2 aromatic rings. The fourth-order valence-corrected chi connectivity index (χ4v) is 5.16. The Morgan fingerprint density at radius 3 is 2.61 bits per heavy atom. The van der Waals surface area contributed by atoms with Crippen molar-refractivity contribution in [3.8, 4) is 0 Å². The summed E-state index contributed by atoms with van der Waals surface area (Å²) in [6, 6.07) is 12.8. The molecule has 0 saturated carbocycles. The van der Waals surface area contributed by atoms with Gasteiger partial charge < -0.3 is 5.32 Å². The van der Waals surface area contributed by atoms with E-state index in [0.29, 0.717) is 5.69 Å². The van der Waals surface area contributed by atoms with E-state index < -0.39 is 16.1 Å². The van der Waals surface area contributed by atoms with Gasteiger partial charge in [0.1, 0.15) is 6.04 Å². The number of rotatable bonds is 5. The number of hydrogen-bond donors (Lipinski definition) is 1. The molecule has 150 valence electrons. The molecule has 0 fully saturated rings. The fourth-order valence-electron chi connectivity index (χ4n) is 3.93. The highest BCUT2D eigenvalue weighted by atomic mass is 32.2. The van der Waals surface area contributed by atoms with Crippen LogP contribution in [0.15, 0.2) is 42.5 Å². The lowest BCUT2D eigenvalue weighted by molar-refractivity contribution is -0.122. The number of aryl methyl sites for hydroxylation is 3. The van der Waals surface area contributed by atoms with Crippen molar-refractivity contribution in [2.45, 2.75) is 52.1 Å². The Morgan fingerprint density at radius 2 is 1.89 bits per heavy atom. The van der Waals surface area contributed by atoms with E-state index >= 15 is 0 Å². The van der Waals surface area contributed by atoms with Crippen LogP contribution in [-0.2, 0) is 21.2 Å². The molecule has 1 amide bonds. The van der Waals surface area contributed by atoms with Crippen molar-refractivity contribution in [3.05, 3.63) is 64.7 Å². The molecule has 0 spiro atoms. The highest BCUT2D eigenvalue weighted by Gasteiger charge is 2.32. The summed E-state index contributed by atoms with van der Waals surface area (Å²) in [5, 5.41) is 3.09. The van der Waals surface area contributed by atoms with Gasteiger partial charge in [-0.3, -0.25) is 9.10 Å². The van der Waals surface area contributed by atoms with Gasteiger partial charge in [0.15, 0.2) is 0 Å². The summed E-state index contributed by atoms with van der Waals surface area (Å²) in [6.07, 6.45) is 4.02. The van der Waals surface area contributed by atoms with Crippen LogP contribution in [0.3, 0.4) is 0 Å². The van der Waals surface area contributed by atoms with E-state index in [-0.39, 0.29) is 11.9 Å². The SMILES string of the molecule is Cc1ccc(C)c(N([C@H](C)C(=O)N[C@@H]2CCCc3ccccc32)S(C)(=O)=O)c1. The molecule has 0 aromatic heterocycles. The summed E-state index contributed by atoms with van der Waals surface area (Å²) in [6.45, 7) is 5.41. The number of sulfonamides is 1. The van der Waals surface area contributed by atoms with Crippen LogP contribution in [0.2, 0.25) is 0 Å². The third-order valence-electron chi connectivity index (χ3n) is 5.38. The Labute approximate surface area is 167 Å². The molecule has 1 aliphatic rings. The van der Waals surface area contributed by atoms with Gasteiger partial charge in [-0.1, -0.05) is 36.4 Å². The number of nitrogens with zero attached hydrogens (tertiary/aromatic N) is 1. The minimum absolute atomic E-state index is 0.0834. The summed E-state index contributed by atoms with van der Waals surface area (Å²) in [5.41, 5.74) is 4.70.